The summed E-state index contributed by atoms with van der Waals surface area (Å²) in [5.74, 6) is -0.302. The Labute approximate surface area is 123 Å². The summed E-state index contributed by atoms with van der Waals surface area (Å²) in [6.07, 6.45) is 0. The van der Waals surface area contributed by atoms with Crippen LogP contribution >= 0.6 is 0 Å². The lowest BCUT2D eigenvalue weighted by Gasteiger charge is -2.07. The van der Waals surface area contributed by atoms with Crippen LogP contribution < -0.4 is 10.1 Å². The number of benzene rings is 2. The van der Waals surface area contributed by atoms with Crippen molar-refractivity contribution >= 4 is 11.9 Å². The first-order chi connectivity index (χ1) is 10.0. The zero-order valence-electron chi connectivity index (χ0n) is 12.1. The van der Waals surface area contributed by atoms with Gasteiger partial charge in [0, 0.05) is 5.56 Å². The fraction of sp³-hybridized carbons (Fsp3) is 0.176. The van der Waals surface area contributed by atoms with Crippen LogP contribution in [0.4, 0.5) is 0 Å². The maximum atomic E-state index is 11.8. The Kier molecular flexibility index (Phi) is 4.72. The van der Waals surface area contributed by atoms with Crippen molar-refractivity contribution in [3.8, 4) is 5.75 Å². The standard InChI is InChI=1S/C17H17NO3/c1-12-8-13(2)10-15(9-12)21-16(19)11-18-17(20)14-6-4-3-5-7-14/h3-10H,11H2,1-2H3,(H,18,20). The molecule has 1 N–H and O–H groups in total. The van der Waals surface area contributed by atoms with E-state index in [2.05, 4.69) is 5.32 Å². The molecule has 21 heavy (non-hydrogen) atoms. The van der Waals surface area contributed by atoms with Crippen molar-refractivity contribution in [1.29, 1.82) is 0 Å². The Hall–Kier alpha value is -2.62. The molecule has 0 heterocycles. The van der Waals surface area contributed by atoms with Gasteiger partial charge in [-0.25, -0.2) is 4.79 Å². The summed E-state index contributed by atoms with van der Waals surface area (Å²) in [6.45, 7) is 3.70. The lowest BCUT2D eigenvalue weighted by atomic mass is 10.1. The van der Waals surface area contributed by atoms with Gasteiger partial charge in [0.2, 0.25) is 0 Å². The minimum atomic E-state index is -0.496. The van der Waals surface area contributed by atoms with E-state index in [1.807, 2.05) is 26.0 Å². The van der Waals surface area contributed by atoms with Crippen LogP contribution in [0.2, 0.25) is 0 Å². The molecule has 0 saturated heterocycles. The van der Waals surface area contributed by atoms with Crippen LogP contribution in [0.25, 0.3) is 0 Å². The molecule has 0 aliphatic rings. The van der Waals surface area contributed by atoms with E-state index in [1.54, 1.807) is 36.4 Å². The Morgan fingerprint density at radius 1 is 1.00 bits per heavy atom. The minimum Gasteiger partial charge on any atom is -0.425 e. The van der Waals surface area contributed by atoms with E-state index >= 15 is 0 Å². The largest absolute Gasteiger partial charge is 0.425 e. The number of ether oxygens (including phenoxy) is 1. The van der Waals surface area contributed by atoms with E-state index < -0.39 is 5.97 Å². The predicted octanol–water partition coefficient (Wildman–Crippen LogP) is 2.64. The van der Waals surface area contributed by atoms with Crippen LogP contribution in [-0.4, -0.2) is 18.4 Å². The molecule has 0 spiro atoms. The van der Waals surface area contributed by atoms with E-state index in [-0.39, 0.29) is 12.5 Å². The highest BCUT2D eigenvalue weighted by Gasteiger charge is 2.09. The molecule has 0 aromatic heterocycles. The van der Waals surface area contributed by atoms with Crippen molar-refractivity contribution in [2.24, 2.45) is 0 Å². The van der Waals surface area contributed by atoms with Gasteiger partial charge in [0.25, 0.3) is 5.91 Å². The van der Waals surface area contributed by atoms with Crippen LogP contribution in [0.3, 0.4) is 0 Å². The van der Waals surface area contributed by atoms with Crippen LogP contribution in [0, 0.1) is 13.8 Å². The van der Waals surface area contributed by atoms with Crippen molar-refractivity contribution < 1.29 is 14.3 Å². The monoisotopic (exact) mass is 283 g/mol. The number of esters is 1. The first-order valence-electron chi connectivity index (χ1n) is 6.67. The molecule has 0 saturated carbocycles. The quantitative estimate of drug-likeness (QED) is 0.693. The average molecular weight is 283 g/mol. The predicted molar refractivity (Wildman–Crippen MR) is 80.3 cm³/mol. The van der Waals surface area contributed by atoms with E-state index in [9.17, 15) is 9.59 Å². The molecule has 1 amide bonds. The van der Waals surface area contributed by atoms with Crippen molar-refractivity contribution in [3.05, 3.63) is 65.2 Å². The van der Waals surface area contributed by atoms with Gasteiger partial charge in [0.15, 0.2) is 0 Å². The van der Waals surface area contributed by atoms with Crippen LogP contribution in [0.15, 0.2) is 48.5 Å². The summed E-state index contributed by atoms with van der Waals surface area (Å²) in [6, 6.07) is 14.3. The average Bonchev–Trinajstić information content (AvgIpc) is 2.44. The first kappa shape index (κ1) is 14.8. The van der Waals surface area contributed by atoms with E-state index in [4.69, 9.17) is 4.74 Å². The molecule has 0 unspecified atom stereocenters. The first-order valence-corrected chi connectivity index (χ1v) is 6.67. The lowest BCUT2D eigenvalue weighted by Crippen LogP contribution is -2.31. The summed E-state index contributed by atoms with van der Waals surface area (Å²) in [5.41, 5.74) is 2.55. The van der Waals surface area contributed by atoms with Gasteiger partial charge in [-0.1, -0.05) is 24.3 Å². The zero-order chi connectivity index (χ0) is 15.2. The van der Waals surface area contributed by atoms with E-state index in [0.717, 1.165) is 11.1 Å². The zero-order valence-corrected chi connectivity index (χ0v) is 12.1. The highest BCUT2D eigenvalue weighted by molar-refractivity contribution is 5.96. The van der Waals surface area contributed by atoms with Gasteiger partial charge in [-0.05, 0) is 49.2 Å². The Morgan fingerprint density at radius 2 is 1.62 bits per heavy atom. The van der Waals surface area contributed by atoms with Crippen LogP contribution in [-0.2, 0) is 4.79 Å². The molecule has 2 aromatic carbocycles. The topological polar surface area (TPSA) is 55.4 Å². The maximum Gasteiger partial charge on any atom is 0.330 e. The summed E-state index contributed by atoms with van der Waals surface area (Å²) >= 11 is 0. The molecule has 2 rings (SSSR count). The van der Waals surface area contributed by atoms with Crippen molar-refractivity contribution in [2.75, 3.05) is 6.54 Å². The number of carbonyl (C=O) groups excluding carboxylic acids is 2. The molecule has 108 valence electrons. The van der Waals surface area contributed by atoms with Crippen molar-refractivity contribution in [1.82, 2.24) is 5.32 Å². The molecule has 0 aliphatic heterocycles. The minimum absolute atomic E-state index is 0.166. The Bertz CT molecular complexity index is 630. The highest BCUT2D eigenvalue weighted by atomic mass is 16.5. The fourth-order valence-corrected chi connectivity index (χ4v) is 2.00. The van der Waals surface area contributed by atoms with Gasteiger partial charge in [0.1, 0.15) is 12.3 Å². The number of nitrogens with one attached hydrogen (secondary N) is 1. The number of aryl methyl sites for hydroxylation is 2. The van der Waals surface area contributed by atoms with Gasteiger partial charge in [-0.3, -0.25) is 4.79 Å². The summed E-state index contributed by atoms with van der Waals surface area (Å²) in [5, 5.41) is 2.53. The van der Waals surface area contributed by atoms with Gasteiger partial charge in [0.05, 0.1) is 0 Å². The van der Waals surface area contributed by atoms with Gasteiger partial charge in [-0.2, -0.15) is 0 Å². The molecule has 2 aromatic rings. The second-order valence-corrected chi connectivity index (χ2v) is 4.85. The second-order valence-electron chi connectivity index (χ2n) is 4.85. The normalized spacial score (nSPS) is 10.0. The molecular formula is C17H17NO3. The number of amides is 1. The Morgan fingerprint density at radius 3 is 2.24 bits per heavy atom. The van der Waals surface area contributed by atoms with E-state index in [0.29, 0.717) is 11.3 Å². The van der Waals surface area contributed by atoms with Crippen molar-refractivity contribution in [2.45, 2.75) is 13.8 Å². The molecular weight excluding hydrogens is 266 g/mol. The number of rotatable bonds is 4. The Balaban J connectivity index is 1.89. The molecule has 0 bridgehead atoms. The molecule has 0 atom stereocenters. The summed E-state index contributed by atoms with van der Waals surface area (Å²) in [4.78, 5) is 23.5. The third-order valence-corrected chi connectivity index (χ3v) is 2.86. The SMILES string of the molecule is Cc1cc(C)cc(OC(=O)CNC(=O)c2ccccc2)c1. The molecule has 4 nitrogen and oxygen atoms in total. The third-order valence-electron chi connectivity index (χ3n) is 2.86. The molecule has 0 radical (unpaired) electrons. The van der Waals surface area contributed by atoms with Crippen LogP contribution in [0.1, 0.15) is 21.5 Å². The second kappa shape index (κ2) is 6.70. The van der Waals surface area contributed by atoms with Gasteiger partial charge in [-0.15, -0.1) is 0 Å². The smallest absolute Gasteiger partial charge is 0.330 e. The lowest BCUT2D eigenvalue weighted by molar-refractivity contribution is -0.133. The highest BCUT2D eigenvalue weighted by Crippen LogP contribution is 2.16. The summed E-state index contributed by atoms with van der Waals surface area (Å²) in [7, 11) is 0. The third kappa shape index (κ3) is 4.45. The van der Waals surface area contributed by atoms with Crippen molar-refractivity contribution in [3.63, 3.8) is 0 Å². The fourth-order valence-electron chi connectivity index (χ4n) is 2.00. The number of carbonyl (C=O) groups is 2. The number of hydrogen-bond acceptors (Lipinski definition) is 3. The number of hydrogen-bond donors (Lipinski definition) is 1. The van der Waals surface area contributed by atoms with Gasteiger partial charge >= 0.3 is 5.97 Å². The maximum absolute atomic E-state index is 11.8. The van der Waals surface area contributed by atoms with Gasteiger partial charge < -0.3 is 10.1 Å². The van der Waals surface area contributed by atoms with Crippen LogP contribution in [0.5, 0.6) is 5.75 Å². The summed E-state index contributed by atoms with van der Waals surface area (Å²) < 4.78 is 5.21. The van der Waals surface area contributed by atoms with E-state index in [1.165, 1.54) is 0 Å². The molecule has 0 aliphatic carbocycles. The molecule has 4 heteroatoms. The molecule has 0 fully saturated rings.